The van der Waals surface area contributed by atoms with Gasteiger partial charge in [0.25, 0.3) is 5.91 Å². The molecule has 0 aromatic heterocycles. The molecule has 0 saturated carbocycles. The van der Waals surface area contributed by atoms with Gasteiger partial charge in [0.15, 0.2) is 5.96 Å². The monoisotopic (exact) mass is 502 g/mol. The van der Waals surface area contributed by atoms with Gasteiger partial charge in [-0.15, -0.1) is 24.0 Å². The number of likely N-dealkylation sites (tertiary alicyclic amines) is 1. The normalized spacial score (nSPS) is 16.8. The molecule has 0 aliphatic carbocycles. The topological polar surface area (TPSA) is 83.0 Å². The number of carbonyl (C=O) groups excluding carboxylic acids is 2. The Morgan fingerprint density at radius 1 is 1.29 bits per heavy atom. The van der Waals surface area contributed by atoms with Crippen molar-refractivity contribution in [1.82, 2.24) is 15.5 Å². The zero-order valence-corrected chi connectivity index (χ0v) is 19.2. The first-order chi connectivity index (χ1) is 13.1. The van der Waals surface area contributed by atoms with Gasteiger partial charge in [0, 0.05) is 38.8 Å². The molecule has 28 heavy (non-hydrogen) atoms. The fourth-order valence-corrected chi connectivity index (χ4v) is 3.22. The average molecular weight is 502 g/mol. The van der Waals surface area contributed by atoms with Gasteiger partial charge >= 0.3 is 5.97 Å². The molecule has 1 aromatic carbocycles. The predicted octanol–water partition coefficient (Wildman–Crippen LogP) is 2.40. The SMILES string of the molecule is CCNC(=O)c1cccc(CNC(=NC)N2CCCC(C(=O)OCC)C2)c1.I. The minimum atomic E-state index is -0.132. The van der Waals surface area contributed by atoms with Crippen LogP contribution in [-0.4, -0.2) is 56.0 Å². The molecule has 1 atom stereocenters. The highest BCUT2D eigenvalue weighted by Gasteiger charge is 2.28. The van der Waals surface area contributed by atoms with Crippen molar-refractivity contribution in [2.24, 2.45) is 10.9 Å². The van der Waals surface area contributed by atoms with Crippen LogP contribution in [0.3, 0.4) is 0 Å². The number of esters is 1. The molecule has 0 bridgehead atoms. The average Bonchev–Trinajstić information content (AvgIpc) is 2.69. The van der Waals surface area contributed by atoms with Crippen molar-refractivity contribution in [2.75, 3.05) is 33.3 Å². The van der Waals surface area contributed by atoms with Crippen molar-refractivity contribution in [3.05, 3.63) is 35.4 Å². The Balaban J connectivity index is 0.00000392. The Morgan fingerprint density at radius 2 is 2.07 bits per heavy atom. The summed E-state index contributed by atoms with van der Waals surface area (Å²) < 4.78 is 5.16. The number of carbonyl (C=O) groups is 2. The number of halogens is 1. The zero-order valence-electron chi connectivity index (χ0n) is 16.9. The molecule has 0 radical (unpaired) electrons. The van der Waals surface area contributed by atoms with E-state index in [1.54, 1.807) is 13.1 Å². The van der Waals surface area contributed by atoms with Crippen molar-refractivity contribution in [1.29, 1.82) is 0 Å². The molecule has 2 rings (SSSR count). The fraction of sp³-hybridized carbons (Fsp3) is 0.550. The van der Waals surface area contributed by atoms with Crippen LogP contribution in [-0.2, 0) is 16.1 Å². The second kappa shape index (κ2) is 12.6. The number of rotatable bonds is 6. The highest BCUT2D eigenvalue weighted by atomic mass is 127. The van der Waals surface area contributed by atoms with Crippen molar-refractivity contribution in [2.45, 2.75) is 33.2 Å². The third-order valence-electron chi connectivity index (χ3n) is 4.53. The molecule has 1 heterocycles. The quantitative estimate of drug-likeness (QED) is 0.270. The first-order valence-electron chi connectivity index (χ1n) is 9.58. The molecule has 1 amide bonds. The summed E-state index contributed by atoms with van der Waals surface area (Å²) in [7, 11) is 1.74. The first-order valence-corrected chi connectivity index (χ1v) is 9.58. The second-order valence-corrected chi connectivity index (χ2v) is 6.50. The minimum absolute atomic E-state index is 0. The van der Waals surface area contributed by atoms with E-state index in [9.17, 15) is 9.59 Å². The molecular formula is C20H31IN4O3. The summed E-state index contributed by atoms with van der Waals surface area (Å²) in [5.74, 6) is 0.440. The number of amides is 1. The van der Waals surface area contributed by atoms with Crippen molar-refractivity contribution < 1.29 is 14.3 Å². The van der Waals surface area contributed by atoms with E-state index in [0.717, 1.165) is 30.9 Å². The highest BCUT2D eigenvalue weighted by molar-refractivity contribution is 14.0. The Bertz CT molecular complexity index is 681. The number of nitrogens with one attached hydrogen (secondary N) is 2. The Morgan fingerprint density at radius 3 is 2.75 bits per heavy atom. The molecule has 1 aliphatic heterocycles. The molecule has 1 fully saturated rings. The largest absolute Gasteiger partial charge is 0.466 e. The summed E-state index contributed by atoms with van der Waals surface area (Å²) >= 11 is 0. The van der Waals surface area contributed by atoms with Gasteiger partial charge in [0.2, 0.25) is 0 Å². The summed E-state index contributed by atoms with van der Waals surface area (Å²) in [5.41, 5.74) is 1.64. The lowest BCUT2D eigenvalue weighted by atomic mass is 9.98. The number of benzene rings is 1. The first kappa shape index (κ1) is 24.2. The third kappa shape index (κ3) is 6.96. The van der Waals surface area contributed by atoms with Gasteiger partial charge in [-0.25, -0.2) is 0 Å². The maximum Gasteiger partial charge on any atom is 0.310 e. The molecule has 2 N–H and O–H groups in total. The molecule has 1 saturated heterocycles. The zero-order chi connectivity index (χ0) is 19.6. The maximum absolute atomic E-state index is 12.0. The number of hydrogen-bond acceptors (Lipinski definition) is 4. The van der Waals surface area contributed by atoms with Gasteiger partial charge in [-0.2, -0.15) is 0 Å². The Labute approximate surface area is 184 Å². The summed E-state index contributed by atoms with van der Waals surface area (Å²) in [4.78, 5) is 30.5. The van der Waals surface area contributed by atoms with Crippen LogP contribution in [0.15, 0.2) is 29.3 Å². The number of ether oxygens (including phenoxy) is 1. The minimum Gasteiger partial charge on any atom is -0.466 e. The molecule has 1 aromatic rings. The van der Waals surface area contributed by atoms with Gasteiger partial charge in [0.05, 0.1) is 12.5 Å². The summed E-state index contributed by atoms with van der Waals surface area (Å²) in [6, 6.07) is 7.53. The molecule has 7 nitrogen and oxygen atoms in total. The van der Waals surface area contributed by atoms with Gasteiger partial charge in [0.1, 0.15) is 0 Å². The molecule has 8 heteroatoms. The van der Waals surface area contributed by atoms with E-state index in [-0.39, 0.29) is 41.8 Å². The van der Waals surface area contributed by atoms with E-state index >= 15 is 0 Å². The van der Waals surface area contributed by atoms with E-state index in [4.69, 9.17) is 4.74 Å². The Hall–Kier alpha value is -1.84. The molecule has 1 unspecified atom stereocenters. The summed E-state index contributed by atoms with van der Waals surface area (Å²) in [5, 5.41) is 6.14. The van der Waals surface area contributed by atoms with Crippen molar-refractivity contribution in [3.63, 3.8) is 0 Å². The van der Waals surface area contributed by atoms with Gasteiger partial charge in [-0.1, -0.05) is 12.1 Å². The van der Waals surface area contributed by atoms with Gasteiger partial charge in [-0.3, -0.25) is 14.6 Å². The van der Waals surface area contributed by atoms with Gasteiger partial charge < -0.3 is 20.3 Å². The van der Waals surface area contributed by atoms with Crippen LogP contribution in [0.1, 0.15) is 42.6 Å². The van der Waals surface area contributed by atoms with Gasteiger partial charge in [-0.05, 0) is 44.4 Å². The van der Waals surface area contributed by atoms with E-state index in [2.05, 4.69) is 20.5 Å². The van der Waals surface area contributed by atoms with E-state index in [0.29, 0.717) is 31.8 Å². The van der Waals surface area contributed by atoms with E-state index < -0.39 is 0 Å². The van der Waals surface area contributed by atoms with Crippen LogP contribution in [0.25, 0.3) is 0 Å². The maximum atomic E-state index is 12.0. The second-order valence-electron chi connectivity index (χ2n) is 6.50. The number of nitrogens with zero attached hydrogens (tertiary/aromatic N) is 2. The fourth-order valence-electron chi connectivity index (χ4n) is 3.22. The molecular weight excluding hydrogens is 471 g/mol. The lowest BCUT2D eigenvalue weighted by Gasteiger charge is -2.34. The molecule has 156 valence electrons. The van der Waals surface area contributed by atoms with Crippen LogP contribution < -0.4 is 10.6 Å². The lowest BCUT2D eigenvalue weighted by Crippen LogP contribution is -2.48. The summed E-state index contributed by atoms with van der Waals surface area (Å²) in [6.07, 6.45) is 1.78. The Kier molecular flexibility index (Phi) is 10.9. The van der Waals surface area contributed by atoms with Crippen LogP contribution in [0.5, 0.6) is 0 Å². The van der Waals surface area contributed by atoms with E-state index in [1.807, 2.05) is 32.0 Å². The smallest absolute Gasteiger partial charge is 0.310 e. The third-order valence-corrected chi connectivity index (χ3v) is 4.53. The summed E-state index contributed by atoms with van der Waals surface area (Å²) in [6.45, 7) is 6.75. The van der Waals surface area contributed by atoms with Crippen LogP contribution >= 0.6 is 24.0 Å². The van der Waals surface area contributed by atoms with Crippen LogP contribution in [0.4, 0.5) is 0 Å². The number of aliphatic imine (C=N–C) groups is 1. The predicted molar refractivity (Wildman–Crippen MR) is 121 cm³/mol. The molecule has 1 aliphatic rings. The molecule has 0 spiro atoms. The standard InChI is InChI=1S/C20H30N4O3.HI/c1-4-22-18(25)16-9-6-8-15(12-16)13-23-20(21-3)24-11-7-10-17(14-24)19(26)27-5-2;/h6,8-9,12,17H,4-5,7,10-11,13-14H2,1-3H3,(H,21,23)(H,22,25);1H. The number of guanidine groups is 1. The number of piperidine rings is 1. The number of hydrogen-bond donors (Lipinski definition) is 2. The van der Waals surface area contributed by atoms with Crippen LogP contribution in [0, 0.1) is 5.92 Å². The van der Waals surface area contributed by atoms with Crippen LogP contribution in [0.2, 0.25) is 0 Å². The van der Waals surface area contributed by atoms with Crippen molar-refractivity contribution >= 4 is 41.8 Å². The highest BCUT2D eigenvalue weighted by Crippen LogP contribution is 2.18. The van der Waals surface area contributed by atoms with Crippen molar-refractivity contribution in [3.8, 4) is 0 Å². The lowest BCUT2D eigenvalue weighted by molar-refractivity contribution is -0.149. The van der Waals surface area contributed by atoms with E-state index in [1.165, 1.54) is 0 Å².